The maximum absolute atomic E-state index is 13.6. The van der Waals surface area contributed by atoms with Crippen LogP contribution in [0.4, 0.5) is 4.39 Å². The summed E-state index contributed by atoms with van der Waals surface area (Å²) in [6, 6.07) is 23.7. The van der Waals surface area contributed by atoms with Crippen molar-refractivity contribution in [2.45, 2.75) is 46.4 Å². The van der Waals surface area contributed by atoms with Gasteiger partial charge in [0.1, 0.15) is 11.6 Å². The summed E-state index contributed by atoms with van der Waals surface area (Å²) in [7, 11) is 0. The van der Waals surface area contributed by atoms with E-state index in [9.17, 15) is 4.39 Å². The van der Waals surface area contributed by atoms with Crippen LogP contribution < -0.4 is 10.9 Å². The topological polar surface area (TPSA) is 28.7 Å². The van der Waals surface area contributed by atoms with Crippen molar-refractivity contribution in [2.24, 2.45) is 0 Å². The monoisotopic (exact) mass is 530 g/mol. The van der Waals surface area contributed by atoms with Crippen molar-refractivity contribution in [3.63, 3.8) is 0 Å². The highest BCUT2D eigenvalue weighted by molar-refractivity contribution is 9.10. The summed E-state index contributed by atoms with van der Waals surface area (Å²) in [4.78, 5) is 7.48. The number of hydrogen-bond donors (Lipinski definition) is 1. The number of aromatic amines is 1. The molecule has 3 aromatic carbocycles. The largest absolute Gasteiger partial charge is 0.346 e. The number of allylic oxidation sites excluding steroid dienone is 2. The van der Waals surface area contributed by atoms with E-state index in [0.717, 1.165) is 47.0 Å². The zero-order valence-electron chi connectivity index (χ0n) is 20.8. The second-order valence-corrected chi connectivity index (χ2v) is 9.65. The minimum absolute atomic E-state index is 0.157. The Labute approximate surface area is 217 Å². The third-order valence-electron chi connectivity index (χ3n) is 5.88. The molecule has 180 valence electrons. The van der Waals surface area contributed by atoms with Crippen molar-refractivity contribution < 1.29 is 4.39 Å². The Morgan fingerprint density at radius 2 is 1.74 bits per heavy atom. The summed E-state index contributed by atoms with van der Waals surface area (Å²) in [6.45, 7) is 6.53. The Morgan fingerprint density at radius 3 is 2.40 bits per heavy atom. The van der Waals surface area contributed by atoms with Gasteiger partial charge in [0.25, 0.3) is 0 Å². The lowest BCUT2D eigenvalue weighted by molar-refractivity contribution is 0.629. The van der Waals surface area contributed by atoms with Crippen LogP contribution in [0, 0.1) is 19.7 Å². The number of imidazole rings is 1. The van der Waals surface area contributed by atoms with E-state index in [2.05, 4.69) is 88.3 Å². The number of hydrogen-bond acceptors (Lipinski definition) is 1. The van der Waals surface area contributed by atoms with E-state index in [-0.39, 0.29) is 12.5 Å². The molecule has 0 aliphatic rings. The highest BCUT2D eigenvalue weighted by Gasteiger charge is 2.20. The van der Waals surface area contributed by atoms with Gasteiger partial charge >= 0.3 is 0 Å². The van der Waals surface area contributed by atoms with Gasteiger partial charge in [-0.05, 0) is 56.5 Å². The second-order valence-electron chi connectivity index (χ2n) is 8.74. The van der Waals surface area contributed by atoms with Gasteiger partial charge in [-0.25, -0.2) is 9.37 Å². The molecule has 1 aromatic heterocycles. The van der Waals surface area contributed by atoms with E-state index in [4.69, 9.17) is 0 Å². The van der Waals surface area contributed by atoms with Crippen molar-refractivity contribution in [1.29, 1.82) is 0 Å². The van der Waals surface area contributed by atoms with Crippen LogP contribution in [-0.2, 0) is 6.42 Å². The zero-order chi connectivity index (χ0) is 25.0. The number of halogens is 2. The lowest BCUT2D eigenvalue weighted by Gasteiger charge is -2.16. The Bertz CT molecular complexity index is 1220. The van der Waals surface area contributed by atoms with Gasteiger partial charge in [0.15, 0.2) is 0 Å². The molecule has 0 saturated carbocycles. The maximum atomic E-state index is 13.6. The van der Waals surface area contributed by atoms with Crippen molar-refractivity contribution in [2.75, 3.05) is 0 Å². The first-order valence-corrected chi connectivity index (χ1v) is 13.0. The van der Waals surface area contributed by atoms with Crippen LogP contribution in [-0.4, -0.2) is 16.7 Å². The molecule has 5 heteroatoms. The third-order valence-corrected chi connectivity index (χ3v) is 6.41. The van der Waals surface area contributed by atoms with Crippen molar-refractivity contribution in [3.05, 3.63) is 124 Å². The molecule has 0 bridgehead atoms. The summed E-state index contributed by atoms with van der Waals surface area (Å²) in [6.07, 6.45) is 10.2. The molecule has 4 aromatic rings. The van der Waals surface area contributed by atoms with Crippen LogP contribution >= 0.6 is 15.9 Å². The minimum Gasteiger partial charge on any atom is -0.346 e. The molecular weight excluding hydrogens is 498 g/mol. The number of aromatic nitrogens is 2. The van der Waals surface area contributed by atoms with Gasteiger partial charge < -0.3 is 4.98 Å². The first-order chi connectivity index (χ1) is 17.0. The lowest BCUT2D eigenvalue weighted by atomic mass is 9.37. The zero-order valence-corrected chi connectivity index (χ0v) is 22.4. The molecule has 0 radical (unpaired) electrons. The number of nitrogens with one attached hydrogen (secondary N) is 1. The van der Waals surface area contributed by atoms with Gasteiger partial charge in [0.2, 0.25) is 6.71 Å². The van der Waals surface area contributed by atoms with E-state index >= 15 is 0 Å². The highest BCUT2D eigenvalue weighted by Crippen LogP contribution is 2.13. The minimum atomic E-state index is -0.157. The highest BCUT2D eigenvalue weighted by atomic mass is 79.9. The molecule has 0 unspecified atom stereocenters. The van der Waals surface area contributed by atoms with E-state index in [1.807, 2.05) is 31.3 Å². The van der Waals surface area contributed by atoms with Crippen molar-refractivity contribution >= 4 is 33.6 Å². The predicted octanol–water partition coefficient (Wildman–Crippen LogP) is 7.17. The van der Waals surface area contributed by atoms with Gasteiger partial charge in [-0.15, -0.1) is 0 Å². The summed E-state index contributed by atoms with van der Waals surface area (Å²) in [5.74, 6) is 0.861. The van der Waals surface area contributed by atoms with E-state index in [0.29, 0.717) is 0 Å². The summed E-state index contributed by atoms with van der Waals surface area (Å²) in [5.41, 5.74) is 6.01. The third kappa shape index (κ3) is 8.67. The fourth-order valence-electron chi connectivity index (χ4n) is 4.10. The molecule has 0 aliphatic heterocycles. The normalized spacial score (nSPS) is 10.8. The molecule has 0 amide bonds. The molecule has 1 N–H and O–H groups in total. The lowest BCUT2D eigenvalue weighted by Crippen LogP contribution is -2.43. The van der Waals surface area contributed by atoms with E-state index in [1.54, 1.807) is 12.1 Å². The van der Waals surface area contributed by atoms with Gasteiger partial charge in [0, 0.05) is 22.8 Å². The number of aryl methyl sites for hydroxylation is 2. The summed E-state index contributed by atoms with van der Waals surface area (Å²) >= 11 is 3.41. The number of rotatable bonds is 8. The van der Waals surface area contributed by atoms with Gasteiger partial charge in [0.05, 0.1) is 0 Å². The Hall–Kier alpha value is -2.92. The van der Waals surface area contributed by atoms with E-state index < -0.39 is 0 Å². The van der Waals surface area contributed by atoms with Crippen LogP contribution in [0.3, 0.4) is 0 Å². The molecular formula is C30H33BBrFN2. The first-order valence-electron chi connectivity index (χ1n) is 12.2. The Morgan fingerprint density at radius 1 is 0.971 bits per heavy atom. The van der Waals surface area contributed by atoms with Crippen molar-refractivity contribution in [1.82, 2.24) is 9.97 Å². The molecule has 0 atom stereocenters. The van der Waals surface area contributed by atoms with Crippen LogP contribution in [0.15, 0.2) is 95.6 Å². The molecule has 35 heavy (non-hydrogen) atoms. The molecule has 0 aliphatic carbocycles. The molecule has 4 rings (SSSR count). The van der Waals surface area contributed by atoms with Gasteiger partial charge in [-0.1, -0.05) is 106 Å². The SMILES string of the molecule is CCC=CCCB(c1cccc(F)c1)c1ccccc1C.Cc1cnc(Cc2ccc(Br)cc2)[nH]1. The quantitative estimate of drug-likeness (QED) is 0.190. The average Bonchev–Trinajstić information content (AvgIpc) is 3.26. The summed E-state index contributed by atoms with van der Waals surface area (Å²) < 4.78 is 14.7. The van der Waals surface area contributed by atoms with Crippen LogP contribution in [0.2, 0.25) is 6.32 Å². The fraction of sp³-hybridized carbons (Fsp3) is 0.233. The van der Waals surface area contributed by atoms with E-state index in [1.165, 1.54) is 22.7 Å². The number of H-pyrrole nitrogens is 1. The molecule has 0 spiro atoms. The maximum Gasteiger partial charge on any atom is 0.210 e. The number of nitrogens with zero attached hydrogens (tertiary/aromatic N) is 1. The molecule has 2 nitrogen and oxygen atoms in total. The predicted molar refractivity (Wildman–Crippen MR) is 152 cm³/mol. The average molecular weight is 531 g/mol. The smallest absolute Gasteiger partial charge is 0.210 e. The van der Waals surface area contributed by atoms with Gasteiger partial charge in [-0.3, -0.25) is 0 Å². The standard InChI is InChI=1S/C19H22BF.C11H11BrN2/c1-3-4-5-8-14-20(17-11-9-12-18(21)15-17)19-13-7-6-10-16(19)2;1-8-7-13-11(14-8)6-9-2-4-10(12)5-3-9/h4-7,9-13,15H,3,8,14H2,1-2H3;2-5,7H,6H2,1H3,(H,13,14). The molecule has 0 fully saturated rings. The molecule has 1 heterocycles. The Kier molecular flexibility index (Phi) is 10.6. The summed E-state index contributed by atoms with van der Waals surface area (Å²) in [5, 5.41) is 0. The van der Waals surface area contributed by atoms with Crippen LogP contribution in [0.5, 0.6) is 0 Å². The Balaban J connectivity index is 0.000000211. The van der Waals surface area contributed by atoms with Crippen LogP contribution in [0.25, 0.3) is 0 Å². The van der Waals surface area contributed by atoms with Gasteiger partial charge in [-0.2, -0.15) is 0 Å². The second kappa shape index (κ2) is 13.8. The first kappa shape index (κ1) is 26.7. The number of benzene rings is 3. The fourth-order valence-corrected chi connectivity index (χ4v) is 4.37. The van der Waals surface area contributed by atoms with Crippen LogP contribution in [0.1, 0.15) is 42.4 Å². The molecule has 0 saturated heterocycles. The van der Waals surface area contributed by atoms with Crippen molar-refractivity contribution in [3.8, 4) is 0 Å².